The topological polar surface area (TPSA) is 51.2 Å². The number of rotatable bonds is 7. The molecule has 0 saturated heterocycles. The highest BCUT2D eigenvalue weighted by Crippen LogP contribution is 2.16. The van der Waals surface area contributed by atoms with Gasteiger partial charge >= 0.3 is 0 Å². The molecular weight excluding hydrogens is 344 g/mol. The van der Waals surface area contributed by atoms with Crippen molar-refractivity contribution < 1.29 is 9.53 Å². The van der Waals surface area contributed by atoms with Gasteiger partial charge in [-0.15, -0.1) is 11.3 Å². The van der Waals surface area contributed by atoms with E-state index in [9.17, 15) is 4.79 Å². The number of hydrogen-bond acceptors (Lipinski definition) is 4. The number of carbonyl (C=O) groups excluding carboxylic acids is 1. The molecule has 26 heavy (non-hydrogen) atoms. The SMILES string of the molecule is Cc1ccsc1CNC(=O)/C=C/c1ccc(OCc2ccccn2)cc1. The number of thiophene rings is 1. The van der Waals surface area contributed by atoms with E-state index in [2.05, 4.69) is 16.4 Å². The molecule has 0 saturated carbocycles. The summed E-state index contributed by atoms with van der Waals surface area (Å²) >= 11 is 1.65. The second-order valence-electron chi connectivity index (χ2n) is 5.76. The van der Waals surface area contributed by atoms with Gasteiger partial charge in [-0.3, -0.25) is 9.78 Å². The van der Waals surface area contributed by atoms with Crippen LogP contribution in [0.3, 0.4) is 0 Å². The molecule has 5 heteroatoms. The lowest BCUT2D eigenvalue weighted by atomic mass is 10.2. The minimum absolute atomic E-state index is 0.103. The third kappa shape index (κ3) is 5.29. The van der Waals surface area contributed by atoms with Crippen molar-refractivity contribution in [2.45, 2.75) is 20.1 Å². The lowest BCUT2D eigenvalue weighted by molar-refractivity contribution is -0.116. The fourth-order valence-electron chi connectivity index (χ4n) is 2.30. The van der Waals surface area contributed by atoms with Crippen molar-refractivity contribution in [1.29, 1.82) is 0 Å². The summed E-state index contributed by atoms with van der Waals surface area (Å²) in [5.74, 6) is 0.665. The fraction of sp³-hybridized carbons (Fsp3) is 0.143. The molecule has 0 spiro atoms. The summed E-state index contributed by atoms with van der Waals surface area (Å²) in [6, 6.07) is 15.4. The van der Waals surface area contributed by atoms with E-state index in [0.29, 0.717) is 13.2 Å². The number of hydrogen-bond donors (Lipinski definition) is 1. The standard InChI is InChI=1S/C21H20N2O2S/c1-16-11-13-26-20(16)14-23-21(24)10-7-17-5-8-19(9-6-17)25-15-18-4-2-3-12-22-18/h2-13H,14-15H2,1H3,(H,23,24)/b10-7+. The van der Waals surface area contributed by atoms with Crippen LogP contribution in [0.1, 0.15) is 21.7 Å². The molecule has 0 fully saturated rings. The van der Waals surface area contributed by atoms with Crippen LogP contribution >= 0.6 is 11.3 Å². The molecule has 3 aromatic rings. The number of aromatic nitrogens is 1. The molecule has 0 bridgehead atoms. The van der Waals surface area contributed by atoms with E-state index < -0.39 is 0 Å². The highest BCUT2D eigenvalue weighted by molar-refractivity contribution is 7.10. The van der Waals surface area contributed by atoms with Crippen LogP contribution in [0.15, 0.2) is 66.2 Å². The summed E-state index contributed by atoms with van der Waals surface area (Å²) in [7, 11) is 0. The van der Waals surface area contributed by atoms with Gasteiger partial charge < -0.3 is 10.1 Å². The molecule has 0 atom stereocenters. The molecule has 0 aliphatic carbocycles. The van der Waals surface area contributed by atoms with Gasteiger partial charge in [0, 0.05) is 17.2 Å². The Balaban J connectivity index is 1.48. The lowest BCUT2D eigenvalue weighted by Crippen LogP contribution is -2.19. The molecule has 4 nitrogen and oxygen atoms in total. The third-order valence-electron chi connectivity index (χ3n) is 3.81. The van der Waals surface area contributed by atoms with Crippen LogP contribution in [0.2, 0.25) is 0 Å². The van der Waals surface area contributed by atoms with Crippen molar-refractivity contribution in [3.63, 3.8) is 0 Å². The molecule has 0 radical (unpaired) electrons. The van der Waals surface area contributed by atoms with E-state index >= 15 is 0 Å². The van der Waals surface area contributed by atoms with Crippen molar-refractivity contribution in [3.8, 4) is 5.75 Å². The van der Waals surface area contributed by atoms with Gasteiger partial charge in [-0.25, -0.2) is 0 Å². The van der Waals surface area contributed by atoms with Crippen LogP contribution < -0.4 is 10.1 Å². The number of ether oxygens (including phenoxy) is 1. The van der Waals surface area contributed by atoms with Crippen LogP contribution in [-0.4, -0.2) is 10.9 Å². The number of pyridine rings is 1. The monoisotopic (exact) mass is 364 g/mol. The largest absolute Gasteiger partial charge is 0.487 e. The number of amides is 1. The van der Waals surface area contributed by atoms with E-state index in [0.717, 1.165) is 17.0 Å². The van der Waals surface area contributed by atoms with Gasteiger partial charge in [-0.2, -0.15) is 0 Å². The van der Waals surface area contributed by atoms with Crippen molar-refractivity contribution in [2.75, 3.05) is 0 Å². The molecule has 0 aliphatic heterocycles. The normalized spacial score (nSPS) is 10.8. The highest BCUT2D eigenvalue weighted by atomic mass is 32.1. The quantitative estimate of drug-likeness (QED) is 0.634. The first-order valence-corrected chi connectivity index (χ1v) is 9.20. The first kappa shape index (κ1) is 17.9. The Morgan fingerprint density at radius 3 is 2.73 bits per heavy atom. The maximum atomic E-state index is 11.9. The van der Waals surface area contributed by atoms with Crippen LogP contribution in [-0.2, 0) is 17.9 Å². The van der Waals surface area contributed by atoms with Gasteiger partial charge in [0.2, 0.25) is 5.91 Å². The average Bonchev–Trinajstić information content (AvgIpc) is 3.09. The second kappa shape index (κ2) is 8.97. The molecule has 0 unspecified atom stereocenters. The summed E-state index contributed by atoms with van der Waals surface area (Å²) in [5.41, 5.74) is 3.03. The van der Waals surface area contributed by atoms with E-state index in [1.165, 1.54) is 10.4 Å². The number of benzene rings is 1. The van der Waals surface area contributed by atoms with Gasteiger partial charge in [0.1, 0.15) is 12.4 Å². The maximum Gasteiger partial charge on any atom is 0.244 e. The molecule has 1 N–H and O–H groups in total. The Morgan fingerprint density at radius 1 is 1.19 bits per heavy atom. The number of nitrogens with zero attached hydrogens (tertiary/aromatic N) is 1. The minimum atomic E-state index is -0.103. The number of aryl methyl sites for hydroxylation is 1. The van der Waals surface area contributed by atoms with Gasteiger partial charge in [-0.05, 0) is 59.8 Å². The molecule has 132 valence electrons. The Labute approximate surface area is 157 Å². The molecule has 0 aliphatic rings. The summed E-state index contributed by atoms with van der Waals surface area (Å²) in [6.07, 6.45) is 5.09. The van der Waals surface area contributed by atoms with Gasteiger partial charge in [0.25, 0.3) is 0 Å². The summed E-state index contributed by atoms with van der Waals surface area (Å²) < 4.78 is 5.70. The molecule has 2 heterocycles. The zero-order valence-corrected chi connectivity index (χ0v) is 15.3. The molecular formula is C21H20N2O2S. The van der Waals surface area contributed by atoms with Crippen LogP contribution in [0.25, 0.3) is 6.08 Å². The van der Waals surface area contributed by atoms with Gasteiger partial charge in [0.05, 0.1) is 12.2 Å². The Bertz CT molecular complexity index is 871. The van der Waals surface area contributed by atoms with Gasteiger partial charge in [0.15, 0.2) is 0 Å². The molecule has 2 aromatic heterocycles. The predicted octanol–water partition coefficient (Wildman–Crippen LogP) is 4.36. The third-order valence-corrected chi connectivity index (χ3v) is 4.83. The van der Waals surface area contributed by atoms with E-state index in [1.807, 2.05) is 54.8 Å². The van der Waals surface area contributed by atoms with Gasteiger partial charge in [-0.1, -0.05) is 18.2 Å². The Kier molecular flexibility index (Phi) is 6.17. The van der Waals surface area contributed by atoms with E-state index in [-0.39, 0.29) is 5.91 Å². The van der Waals surface area contributed by atoms with E-state index in [1.54, 1.807) is 29.7 Å². The Hall–Kier alpha value is -2.92. The smallest absolute Gasteiger partial charge is 0.244 e. The van der Waals surface area contributed by atoms with Crippen LogP contribution in [0.4, 0.5) is 0 Å². The van der Waals surface area contributed by atoms with Crippen LogP contribution in [0.5, 0.6) is 5.75 Å². The number of nitrogens with one attached hydrogen (secondary N) is 1. The molecule has 1 aromatic carbocycles. The predicted molar refractivity (Wildman–Crippen MR) is 105 cm³/mol. The maximum absolute atomic E-state index is 11.9. The van der Waals surface area contributed by atoms with Crippen molar-refractivity contribution in [3.05, 3.63) is 87.9 Å². The van der Waals surface area contributed by atoms with Crippen LogP contribution in [0, 0.1) is 6.92 Å². The second-order valence-corrected chi connectivity index (χ2v) is 6.76. The summed E-state index contributed by atoms with van der Waals surface area (Å²) in [5, 5.41) is 4.93. The highest BCUT2D eigenvalue weighted by Gasteiger charge is 2.01. The summed E-state index contributed by atoms with van der Waals surface area (Å²) in [6.45, 7) is 3.04. The average molecular weight is 364 g/mol. The Morgan fingerprint density at radius 2 is 2.04 bits per heavy atom. The van der Waals surface area contributed by atoms with Crippen molar-refractivity contribution in [1.82, 2.24) is 10.3 Å². The fourth-order valence-corrected chi connectivity index (χ4v) is 3.15. The first-order chi connectivity index (χ1) is 12.7. The molecule has 1 amide bonds. The lowest BCUT2D eigenvalue weighted by Gasteiger charge is -2.05. The zero-order valence-electron chi connectivity index (χ0n) is 14.5. The van der Waals surface area contributed by atoms with E-state index in [4.69, 9.17) is 4.74 Å². The summed E-state index contributed by atoms with van der Waals surface area (Å²) in [4.78, 5) is 17.3. The van der Waals surface area contributed by atoms with Crippen molar-refractivity contribution >= 4 is 23.3 Å². The van der Waals surface area contributed by atoms with Crippen molar-refractivity contribution in [2.24, 2.45) is 0 Å². The minimum Gasteiger partial charge on any atom is -0.487 e. The zero-order chi connectivity index (χ0) is 18.2. The number of carbonyl (C=O) groups is 1. The molecule has 3 rings (SSSR count). The first-order valence-electron chi connectivity index (χ1n) is 8.32.